The summed E-state index contributed by atoms with van der Waals surface area (Å²) in [5, 5.41) is 0.703. The summed E-state index contributed by atoms with van der Waals surface area (Å²) in [6.07, 6.45) is 1.77. The zero-order valence-electron chi connectivity index (χ0n) is 9.73. The molecule has 0 saturated carbocycles. The first-order chi connectivity index (χ1) is 8.69. The number of halogens is 2. The zero-order valence-corrected chi connectivity index (χ0v) is 12.1. The molecular weight excluding hydrogens is 314 g/mol. The van der Waals surface area contributed by atoms with Crippen molar-refractivity contribution in [2.45, 2.75) is 0 Å². The molecule has 2 nitrogen and oxygen atoms in total. The molecule has 92 valence electrons. The minimum absolute atomic E-state index is 0.703. The van der Waals surface area contributed by atoms with Gasteiger partial charge in [-0.2, -0.15) is 0 Å². The molecule has 2 rings (SSSR count). The van der Waals surface area contributed by atoms with E-state index in [9.17, 15) is 0 Å². The van der Waals surface area contributed by atoms with E-state index in [1.165, 1.54) is 0 Å². The summed E-state index contributed by atoms with van der Waals surface area (Å²) in [5.41, 5.74) is 1.77. The Morgan fingerprint density at radius 3 is 2.56 bits per heavy atom. The second-order valence-corrected chi connectivity index (χ2v) is 4.97. The Labute approximate surface area is 119 Å². The quantitative estimate of drug-likeness (QED) is 0.739. The second kappa shape index (κ2) is 6.03. The molecule has 0 bridgehead atoms. The molecule has 0 N–H and O–H groups in total. The predicted octanol–water partition coefficient (Wildman–Crippen LogP) is 4.86. The van der Waals surface area contributed by atoms with Gasteiger partial charge in [0.2, 0.25) is 0 Å². The molecular formula is C14H11BrClNO. The topological polar surface area (TPSA) is 21.6 Å². The number of hydrogen-bond donors (Lipinski definition) is 0. The van der Waals surface area contributed by atoms with E-state index in [0.717, 1.165) is 21.5 Å². The van der Waals surface area contributed by atoms with Gasteiger partial charge in [-0.25, -0.2) is 0 Å². The van der Waals surface area contributed by atoms with E-state index in [4.69, 9.17) is 16.3 Å². The molecule has 0 atom stereocenters. The Kier molecular flexibility index (Phi) is 4.39. The molecule has 0 aliphatic heterocycles. The monoisotopic (exact) mass is 323 g/mol. The molecule has 18 heavy (non-hydrogen) atoms. The lowest BCUT2D eigenvalue weighted by Crippen LogP contribution is -1.90. The Balaban J connectivity index is 2.27. The lowest BCUT2D eigenvalue weighted by molar-refractivity contribution is 0.414. The Hall–Kier alpha value is -1.32. The standard InChI is InChI=1S/C14H11BrClNO/c1-18-14-7-2-11(15)8-10(14)9-17-13-5-3-12(16)4-6-13/h2-9H,1H3. The molecule has 0 heterocycles. The Morgan fingerprint density at radius 2 is 1.89 bits per heavy atom. The normalized spacial score (nSPS) is 10.8. The van der Waals surface area contributed by atoms with Crippen LogP contribution in [-0.2, 0) is 0 Å². The van der Waals surface area contributed by atoms with Crippen LogP contribution in [0.4, 0.5) is 5.69 Å². The Morgan fingerprint density at radius 1 is 1.17 bits per heavy atom. The number of methoxy groups -OCH3 is 1. The first-order valence-corrected chi connectivity index (χ1v) is 6.49. The number of hydrogen-bond acceptors (Lipinski definition) is 2. The van der Waals surface area contributed by atoms with Crippen LogP contribution in [0.15, 0.2) is 51.9 Å². The third-order valence-corrected chi connectivity index (χ3v) is 3.12. The van der Waals surface area contributed by atoms with E-state index in [2.05, 4.69) is 20.9 Å². The molecule has 0 fully saturated rings. The fourth-order valence-electron chi connectivity index (χ4n) is 1.48. The fraction of sp³-hybridized carbons (Fsp3) is 0.0714. The van der Waals surface area contributed by atoms with Crippen molar-refractivity contribution in [3.8, 4) is 5.75 Å². The average molecular weight is 325 g/mol. The van der Waals surface area contributed by atoms with Crippen molar-refractivity contribution in [3.05, 3.63) is 57.5 Å². The zero-order chi connectivity index (χ0) is 13.0. The van der Waals surface area contributed by atoms with Gasteiger partial charge in [-0.3, -0.25) is 4.99 Å². The minimum atomic E-state index is 0.703. The summed E-state index contributed by atoms with van der Waals surface area (Å²) in [4.78, 5) is 4.38. The molecule has 0 amide bonds. The maximum absolute atomic E-state index is 5.82. The SMILES string of the molecule is COc1ccc(Br)cc1C=Nc1ccc(Cl)cc1. The number of aliphatic imine (C=N–C) groups is 1. The molecule has 0 saturated heterocycles. The van der Waals surface area contributed by atoms with Gasteiger partial charge < -0.3 is 4.74 Å². The van der Waals surface area contributed by atoms with Crippen LogP contribution in [0.2, 0.25) is 5.02 Å². The highest BCUT2D eigenvalue weighted by atomic mass is 79.9. The molecule has 2 aromatic rings. The van der Waals surface area contributed by atoms with Crippen molar-refractivity contribution in [3.63, 3.8) is 0 Å². The van der Waals surface area contributed by atoms with Gasteiger partial charge in [0.15, 0.2) is 0 Å². The van der Waals surface area contributed by atoms with Crippen LogP contribution in [0.25, 0.3) is 0 Å². The van der Waals surface area contributed by atoms with E-state index in [1.54, 1.807) is 13.3 Å². The number of ether oxygens (including phenoxy) is 1. The summed E-state index contributed by atoms with van der Waals surface area (Å²) in [6, 6.07) is 13.1. The lowest BCUT2D eigenvalue weighted by atomic mass is 10.2. The van der Waals surface area contributed by atoms with E-state index in [0.29, 0.717) is 5.02 Å². The van der Waals surface area contributed by atoms with Crippen molar-refractivity contribution in [2.24, 2.45) is 4.99 Å². The highest BCUT2D eigenvalue weighted by Gasteiger charge is 2.00. The maximum atomic E-state index is 5.82. The van der Waals surface area contributed by atoms with E-state index < -0.39 is 0 Å². The predicted molar refractivity (Wildman–Crippen MR) is 79.4 cm³/mol. The van der Waals surface area contributed by atoms with Gasteiger partial charge in [0, 0.05) is 21.3 Å². The summed E-state index contributed by atoms with van der Waals surface area (Å²) in [5.74, 6) is 0.788. The highest BCUT2D eigenvalue weighted by molar-refractivity contribution is 9.10. The number of rotatable bonds is 3. The number of benzene rings is 2. The largest absolute Gasteiger partial charge is 0.496 e. The van der Waals surface area contributed by atoms with Crippen molar-refractivity contribution >= 4 is 39.4 Å². The summed E-state index contributed by atoms with van der Waals surface area (Å²) in [7, 11) is 1.64. The molecule has 0 unspecified atom stereocenters. The molecule has 0 aliphatic carbocycles. The smallest absolute Gasteiger partial charge is 0.127 e. The fourth-order valence-corrected chi connectivity index (χ4v) is 1.98. The first kappa shape index (κ1) is 13.1. The summed E-state index contributed by atoms with van der Waals surface area (Å²) < 4.78 is 6.26. The molecule has 0 aliphatic rings. The third-order valence-electron chi connectivity index (χ3n) is 2.37. The molecule has 2 aromatic carbocycles. The molecule has 0 aromatic heterocycles. The van der Waals surface area contributed by atoms with Crippen LogP contribution < -0.4 is 4.74 Å². The van der Waals surface area contributed by atoms with Gasteiger partial charge in [-0.15, -0.1) is 0 Å². The van der Waals surface area contributed by atoms with Crippen molar-refractivity contribution in [1.29, 1.82) is 0 Å². The van der Waals surface area contributed by atoms with Crippen molar-refractivity contribution in [1.82, 2.24) is 0 Å². The van der Waals surface area contributed by atoms with E-state index in [1.807, 2.05) is 42.5 Å². The van der Waals surface area contributed by atoms with Crippen LogP contribution in [0, 0.1) is 0 Å². The van der Waals surface area contributed by atoms with Crippen LogP contribution in [0.5, 0.6) is 5.75 Å². The minimum Gasteiger partial charge on any atom is -0.496 e. The summed E-state index contributed by atoms with van der Waals surface area (Å²) >= 11 is 9.25. The first-order valence-electron chi connectivity index (χ1n) is 5.32. The van der Waals surface area contributed by atoms with Crippen LogP contribution in [-0.4, -0.2) is 13.3 Å². The van der Waals surface area contributed by atoms with E-state index in [-0.39, 0.29) is 0 Å². The molecule has 0 radical (unpaired) electrons. The van der Waals surface area contributed by atoms with Gasteiger partial charge in [0.05, 0.1) is 12.8 Å². The van der Waals surface area contributed by atoms with Gasteiger partial charge in [0.25, 0.3) is 0 Å². The van der Waals surface area contributed by atoms with Gasteiger partial charge in [0.1, 0.15) is 5.75 Å². The van der Waals surface area contributed by atoms with Gasteiger partial charge in [-0.1, -0.05) is 27.5 Å². The third kappa shape index (κ3) is 3.34. The molecule has 0 spiro atoms. The number of nitrogens with zero attached hydrogens (tertiary/aromatic N) is 1. The maximum Gasteiger partial charge on any atom is 0.127 e. The van der Waals surface area contributed by atoms with E-state index >= 15 is 0 Å². The highest BCUT2D eigenvalue weighted by Crippen LogP contribution is 2.22. The van der Waals surface area contributed by atoms with Crippen LogP contribution >= 0.6 is 27.5 Å². The molecule has 4 heteroatoms. The second-order valence-electron chi connectivity index (χ2n) is 3.62. The van der Waals surface area contributed by atoms with Gasteiger partial charge in [-0.05, 0) is 42.5 Å². The van der Waals surface area contributed by atoms with Gasteiger partial charge >= 0.3 is 0 Å². The summed E-state index contributed by atoms with van der Waals surface area (Å²) in [6.45, 7) is 0. The Bertz CT molecular complexity index is 567. The van der Waals surface area contributed by atoms with Crippen LogP contribution in [0.1, 0.15) is 5.56 Å². The van der Waals surface area contributed by atoms with Crippen molar-refractivity contribution < 1.29 is 4.74 Å². The van der Waals surface area contributed by atoms with Crippen LogP contribution in [0.3, 0.4) is 0 Å². The lowest BCUT2D eigenvalue weighted by Gasteiger charge is -2.04. The van der Waals surface area contributed by atoms with Crippen molar-refractivity contribution in [2.75, 3.05) is 7.11 Å². The average Bonchev–Trinajstić information content (AvgIpc) is 2.38.